The van der Waals surface area contributed by atoms with Gasteiger partial charge in [-0.3, -0.25) is 0 Å². The van der Waals surface area contributed by atoms with E-state index in [4.69, 9.17) is 4.74 Å². The maximum Gasteiger partial charge on any atom is 0.338 e. The van der Waals surface area contributed by atoms with E-state index in [9.17, 15) is 9.59 Å². The highest BCUT2D eigenvalue weighted by atomic mass is 16.5. The number of hydrogen-bond donors (Lipinski definition) is 0. The normalized spacial score (nSPS) is 11.9. The highest BCUT2D eigenvalue weighted by molar-refractivity contribution is 5.89. The van der Waals surface area contributed by atoms with Crippen molar-refractivity contribution in [1.29, 1.82) is 0 Å². The molecule has 0 bridgehead atoms. The van der Waals surface area contributed by atoms with Crippen molar-refractivity contribution in [1.82, 2.24) is 0 Å². The van der Waals surface area contributed by atoms with Gasteiger partial charge in [0.25, 0.3) is 0 Å². The maximum absolute atomic E-state index is 12.0. The second-order valence-electron chi connectivity index (χ2n) is 5.13. The highest BCUT2D eigenvalue weighted by Crippen LogP contribution is 2.15. The van der Waals surface area contributed by atoms with Crippen molar-refractivity contribution in [2.24, 2.45) is 0 Å². The summed E-state index contributed by atoms with van der Waals surface area (Å²) in [7, 11) is 0. The quantitative estimate of drug-likeness (QED) is 0.636. The van der Waals surface area contributed by atoms with Gasteiger partial charge in [0.1, 0.15) is 11.9 Å². The second-order valence-corrected chi connectivity index (χ2v) is 5.13. The van der Waals surface area contributed by atoms with Crippen LogP contribution in [-0.2, 0) is 9.53 Å². The number of Topliss-reactive ketones (excluding diaryl/α,β-unsaturated/α-hetero) is 1. The molecule has 1 aromatic rings. The molecular formula is C17H24O3. The van der Waals surface area contributed by atoms with E-state index in [0.717, 1.165) is 32.1 Å². The Morgan fingerprint density at radius 3 is 2.35 bits per heavy atom. The number of hydrogen-bond acceptors (Lipinski definition) is 3. The number of carbonyl (C=O) groups is 2. The van der Waals surface area contributed by atoms with E-state index >= 15 is 0 Å². The molecule has 0 aliphatic heterocycles. The zero-order valence-corrected chi connectivity index (χ0v) is 12.4. The Kier molecular flexibility index (Phi) is 7.63. The summed E-state index contributed by atoms with van der Waals surface area (Å²) >= 11 is 0. The van der Waals surface area contributed by atoms with Crippen molar-refractivity contribution >= 4 is 11.8 Å². The summed E-state index contributed by atoms with van der Waals surface area (Å²) in [6.07, 6.45) is 5.00. The molecule has 3 nitrogen and oxygen atoms in total. The van der Waals surface area contributed by atoms with Crippen LogP contribution in [0.5, 0.6) is 0 Å². The van der Waals surface area contributed by atoms with Crippen LogP contribution in [0.25, 0.3) is 0 Å². The maximum atomic E-state index is 12.0. The average molecular weight is 276 g/mol. The van der Waals surface area contributed by atoms with E-state index in [1.165, 1.54) is 0 Å². The Morgan fingerprint density at radius 1 is 1.10 bits per heavy atom. The molecule has 0 aliphatic rings. The van der Waals surface area contributed by atoms with Crippen LogP contribution in [-0.4, -0.2) is 17.9 Å². The fourth-order valence-electron chi connectivity index (χ4n) is 2.07. The van der Waals surface area contributed by atoms with Gasteiger partial charge in [0.2, 0.25) is 0 Å². The van der Waals surface area contributed by atoms with Crippen LogP contribution < -0.4 is 0 Å². The monoisotopic (exact) mass is 276 g/mol. The van der Waals surface area contributed by atoms with Crippen LogP contribution in [0.2, 0.25) is 0 Å². The first-order valence-corrected chi connectivity index (χ1v) is 7.39. The van der Waals surface area contributed by atoms with Crippen molar-refractivity contribution in [3.05, 3.63) is 35.9 Å². The van der Waals surface area contributed by atoms with Crippen LogP contribution in [0, 0.1) is 0 Å². The fourth-order valence-corrected chi connectivity index (χ4v) is 2.07. The Balaban J connectivity index is 2.50. The van der Waals surface area contributed by atoms with Crippen LogP contribution in [0.4, 0.5) is 0 Å². The van der Waals surface area contributed by atoms with Gasteiger partial charge in [-0.05, 0) is 38.3 Å². The van der Waals surface area contributed by atoms with Gasteiger partial charge in [0.15, 0.2) is 0 Å². The summed E-state index contributed by atoms with van der Waals surface area (Å²) in [4.78, 5) is 23.0. The Labute approximate surface area is 121 Å². The lowest BCUT2D eigenvalue weighted by Crippen LogP contribution is -2.18. The summed E-state index contributed by atoms with van der Waals surface area (Å²) in [6, 6.07) is 9.04. The van der Waals surface area contributed by atoms with Gasteiger partial charge in [-0.1, -0.05) is 38.0 Å². The third kappa shape index (κ3) is 6.50. The molecule has 1 aromatic carbocycles. The average Bonchev–Trinajstić information content (AvgIpc) is 2.45. The van der Waals surface area contributed by atoms with Crippen LogP contribution >= 0.6 is 0 Å². The largest absolute Gasteiger partial charge is 0.459 e. The Hall–Kier alpha value is -1.64. The lowest BCUT2D eigenvalue weighted by molar-refractivity contribution is -0.117. The number of ketones is 1. The van der Waals surface area contributed by atoms with Gasteiger partial charge in [0, 0.05) is 6.42 Å². The van der Waals surface area contributed by atoms with E-state index in [0.29, 0.717) is 12.0 Å². The van der Waals surface area contributed by atoms with Gasteiger partial charge in [-0.15, -0.1) is 0 Å². The lowest BCUT2D eigenvalue weighted by atomic mass is 10.0. The molecule has 0 radical (unpaired) electrons. The summed E-state index contributed by atoms with van der Waals surface area (Å²) < 4.78 is 5.57. The van der Waals surface area contributed by atoms with Gasteiger partial charge in [-0.25, -0.2) is 4.79 Å². The van der Waals surface area contributed by atoms with E-state index < -0.39 is 0 Å². The molecule has 0 amide bonds. The molecule has 0 aliphatic carbocycles. The zero-order valence-electron chi connectivity index (χ0n) is 12.4. The zero-order chi connectivity index (χ0) is 14.8. The molecule has 3 heteroatoms. The first-order chi connectivity index (χ1) is 9.63. The Morgan fingerprint density at radius 2 is 1.75 bits per heavy atom. The third-order valence-corrected chi connectivity index (χ3v) is 3.22. The second kappa shape index (κ2) is 9.29. The minimum absolute atomic E-state index is 0.0815. The minimum Gasteiger partial charge on any atom is -0.459 e. The van der Waals surface area contributed by atoms with Crippen LogP contribution in [0.1, 0.15) is 62.7 Å². The molecule has 0 fully saturated rings. The summed E-state index contributed by atoms with van der Waals surface area (Å²) in [5.41, 5.74) is 0.584. The standard InChI is InChI=1S/C17H24O3/c1-3-4-12-16(13-8-9-14(2)18)20-17(19)15-10-6-5-7-11-15/h5-7,10-11,16H,3-4,8-9,12-13H2,1-2H3. The molecule has 1 rings (SSSR count). The number of esters is 1. The fraction of sp³-hybridized carbons (Fsp3) is 0.529. The predicted molar refractivity (Wildman–Crippen MR) is 79.7 cm³/mol. The van der Waals surface area contributed by atoms with Gasteiger partial charge in [-0.2, -0.15) is 0 Å². The molecule has 0 spiro atoms. The summed E-state index contributed by atoms with van der Waals surface area (Å²) in [5.74, 6) is -0.0804. The number of benzene rings is 1. The number of rotatable bonds is 9. The smallest absolute Gasteiger partial charge is 0.338 e. The summed E-state index contributed by atoms with van der Waals surface area (Å²) in [5, 5.41) is 0. The van der Waals surface area contributed by atoms with Gasteiger partial charge >= 0.3 is 5.97 Å². The third-order valence-electron chi connectivity index (χ3n) is 3.22. The molecule has 0 aromatic heterocycles. The van der Waals surface area contributed by atoms with Crippen molar-refractivity contribution in [2.75, 3.05) is 0 Å². The topological polar surface area (TPSA) is 43.4 Å². The number of unbranched alkanes of at least 4 members (excludes halogenated alkanes) is 1. The molecule has 1 atom stereocenters. The van der Waals surface area contributed by atoms with Crippen molar-refractivity contribution in [3.63, 3.8) is 0 Å². The molecular weight excluding hydrogens is 252 g/mol. The molecule has 0 saturated carbocycles. The molecule has 1 unspecified atom stereocenters. The summed E-state index contributed by atoms with van der Waals surface area (Å²) in [6.45, 7) is 3.71. The van der Waals surface area contributed by atoms with Gasteiger partial charge < -0.3 is 9.53 Å². The van der Waals surface area contributed by atoms with Crippen LogP contribution in [0.15, 0.2) is 30.3 Å². The van der Waals surface area contributed by atoms with Crippen molar-refractivity contribution in [2.45, 2.75) is 58.5 Å². The first kappa shape index (κ1) is 16.4. The predicted octanol–water partition coefficient (Wildman–Crippen LogP) is 4.16. The van der Waals surface area contributed by atoms with Crippen molar-refractivity contribution in [3.8, 4) is 0 Å². The molecule has 0 N–H and O–H groups in total. The van der Waals surface area contributed by atoms with Crippen molar-refractivity contribution < 1.29 is 14.3 Å². The minimum atomic E-state index is -0.269. The number of ether oxygens (including phenoxy) is 1. The van der Waals surface area contributed by atoms with E-state index in [2.05, 4.69) is 6.92 Å². The van der Waals surface area contributed by atoms with E-state index in [1.807, 2.05) is 18.2 Å². The Bertz CT molecular complexity index is 412. The van der Waals surface area contributed by atoms with E-state index in [1.54, 1.807) is 19.1 Å². The van der Waals surface area contributed by atoms with Gasteiger partial charge in [0.05, 0.1) is 5.56 Å². The SMILES string of the molecule is CCCCC(CCCC(C)=O)OC(=O)c1ccccc1. The van der Waals surface area contributed by atoms with Crippen LogP contribution in [0.3, 0.4) is 0 Å². The molecule has 0 saturated heterocycles. The van der Waals surface area contributed by atoms with E-state index in [-0.39, 0.29) is 17.9 Å². The lowest BCUT2D eigenvalue weighted by Gasteiger charge is -2.17. The number of carbonyl (C=O) groups excluding carboxylic acids is 2. The molecule has 20 heavy (non-hydrogen) atoms. The molecule has 0 heterocycles. The highest BCUT2D eigenvalue weighted by Gasteiger charge is 2.15. The molecule has 110 valence electrons. The first-order valence-electron chi connectivity index (χ1n) is 7.39.